The van der Waals surface area contributed by atoms with E-state index in [0.29, 0.717) is 26.2 Å². The average Bonchev–Trinajstić information content (AvgIpc) is 3.01. The van der Waals surface area contributed by atoms with Crippen molar-refractivity contribution in [1.29, 1.82) is 0 Å². The fraction of sp³-hybridized carbons (Fsp3) is 0.375. The van der Waals surface area contributed by atoms with Crippen molar-refractivity contribution in [1.82, 2.24) is 10.2 Å². The molecule has 0 bridgehead atoms. The number of benzene rings is 1. The van der Waals surface area contributed by atoms with Crippen LogP contribution in [0, 0.1) is 5.82 Å². The lowest BCUT2D eigenvalue weighted by molar-refractivity contribution is -0.141. The van der Waals surface area contributed by atoms with Crippen LogP contribution in [0.2, 0.25) is 0 Å². The predicted molar refractivity (Wildman–Crippen MR) is 82.0 cm³/mol. The Bertz CT molecular complexity index is 649. The van der Waals surface area contributed by atoms with Crippen LogP contribution in [-0.4, -0.2) is 31.1 Å². The number of rotatable bonds is 3. The highest BCUT2D eigenvalue weighted by atomic mass is 32.1. The maximum atomic E-state index is 14.0. The number of nitrogens with one attached hydrogen (secondary N) is 1. The Kier molecular flexibility index (Phi) is 4.70. The van der Waals surface area contributed by atoms with Crippen molar-refractivity contribution in [3.05, 3.63) is 57.5 Å². The molecule has 0 amide bonds. The van der Waals surface area contributed by atoms with Crippen LogP contribution in [-0.2, 0) is 6.18 Å². The first kappa shape index (κ1) is 16.4. The minimum atomic E-state index is -4.72. The normalized spacial score (nSPS) is 18.1. The van der Waals surface area contributed by atoms with Crippen LogP contribution in [0.5, 0.6) is 0 Å². The molecule has 1 aliphatic rings. The lowest BCUT2D eigenvalue weighted by Crippen LogP contribution is -2.45. The van der Waals surface area contributed by atoms with E-state index in [1.54, 1.807) is 0 Å². The summed E-state index contributed by atoms with van der Waals surface area (Å²) < 4.78 is 54.2. The first-order valence-electron chi connectivity index (χ1n) is 7.31. The molecular formula is C16H16F4N2S. The number of alkyl halides is 3. The van der Waals surface area contributed by atoms with Crippen molar-refractivity contribution in [2.45, 2.75) is 12.2 Å². The molecule has 0 unspecified atom stereocenters. The van der Waals surface area contributed by atoms with Gasteiger partial charge < -0.3 is 5.32 Å². The summed E-state index contributed by atoms with van der Waals surface area (Å²) in [5.74, 6) is -1.22. The second-order valence-electron chi connectivity index (χ2n) is 5.45. The third-order valence-electron chi connectivity index (χ3n) is 4.00. The van der Waals surface area contributed by atoms with Gasteiger partial charge in [0.05, 0.1) is 11.6 Å². The summed E-state index contributed by atoms with van der Waals surface area (Å²) in [7, 11) is 0. The number of thiophene rings is 1. The average molecular weight is 344 g/mol. The van der Waals surface area contributed by atoms with Crippen LogP contribution in [0.3, 0.4) is 0 Å². The Morgan fingerprint density at radius 3 is 2.48 bits per heavy atom. The molecule has 1 N–H and O–H groups in total. The smallest absolute Gasteiger partial charge is 0.314 e. The van der Waals surface area contributed by atoms with Gasteiger partial charge in [0.15, 0.2) is 0 Å². The van der Waals surface area contributed by atoms with Crippen molar-refractivity contribution >= 4 is 11.3 Å². The molecule has 124 valence electrons. The molecule has 2 heterocycles. The summed E-state index contributed by atoms with van der Waals surface area (Å²) in [4.78, 5) is 1.97. The molecule has 1 aliphatic heterocycles. The highest BCUT2D eigenvalue weighted by molar-refractivity contribution is 7.08. The zero-order chi connectivity index (χ0) is 16.4. The van der Waals surface area contributed by atoms with Gasteiger partial charge >= 0.3 is 6.18 Å². The summed E-state index contributed by atoms with van der Waals surface area (Å²) in [6.07, 6.45) is -4.72. The monoisotopic (exact) mass is 344 g/mol. The topological polar surface area (TPSA) is 15.3 Å². The number of piperazine rings is 1. The molecule has 1 aromatic carbocycles. The summed E-state index contributed by atoms with van der Waals surface area (Å²) in [6, 6.07) is 4.82. The van der Waals surface area contributed by atoms with Crippen LogP contribution in [0.15, 0.2) is 35.0 Å². The zero-order valence-electron chi connectivity index (χ0n) is 12.2. The molecule has 0 saturated carbocycles. The van der Waals surface area contributed by atoms with E-state index in [1.807, 2.05) is 21.7 Å². The Balaban J connectivity index is 2.12. The molecule has 1 atom stereocenters. The minimum absolute atomic E-state index is 0.0159. The lowest BCUT2D eigenvalue weighted by Gasteiger charge is -2.36. The fourth-order valence-electron chi connectivity index (χ4n) is 3.03. The lowest BCUT2D eigenvalue weighted by atomic mass is 9.93. The maximum Gasteiger partial charge on any atom is 0.419 e. The predicted octanol–water partition coefficient (Wildman–Crippen LogP) is 3.90. The SMILES string of the molecule is Fc1cccc([C@@H](c2ccsc2)N2CCNCC2)c1C(F)(F)F. The Hall–Kier alpha value is -1.44. The summed E-state index contributed by atoms with van der Waals surface area (Å²) in [5.41, 5.74) is -0.402. The fourth-order valence-corrected chi connectivity index (χ4v) is 3.70. The largest absolute Gasteiger partial charge is 0.419 e. The van der Waals surface area contributed by atoms with Crippen molar-refractivity contribution < 1.29 is 17.6 Å². The number of hydrogen-bond donors (Lipinski definition) is 1. The van der Waals surface area contributed by atoms with Crippen molar-refractivity contribution in [3.8, 4) is 0 Å². The number of hydrogen-bond acceptors (Lipinski definition) is 3. The van der Waals surface area contributed by atoms with Gasteiger partial charge in [-0.05, 0) is 34.0 Å². The second kappa shape index (κ2) is 6.59. The van der Waals surface area contributed by atoms with Gasteiger partial charge in [0, 0.05) is 26.2 Å². The minimum Gasteiger partial charge on any atom is -0.314 e. The van der Waals surface area contributed by atoms with E-state index in [9.17, 15) is 17.6 Å². The Labute approximate surface area is 135 Å². The van der Waals surface area contributed by atoms with Gasteiger partial charge in [0.1, 0.15) is 5.82 Å². The molecule has 1 fully saturated rings. The van der Waals surface area contributed by atoms with Gasteiger partial charge in [-0.3, -0.25) is 4.90 Å². The second-order valence-corrected chi connectivity index (χ2v) is 6.23. The zero-order valence-corrected chi connectivity index (χ0v) is 13.1. The van der Waals surface area contributed by atoms with E-state index in [-0.39, 0.29) is 5.56 Å². The highest BCUT2D eigenvalue weighted by Crippen LogP contribution is 2.40. The van der Waals surface area contributed by atoms with Gasteiger partial charge in [-0.25, -0.2) is 4.39 Å². The molecule has 2 aromatic rings. The summed E-state index contributed by atoms with van der Waals surface area (Å²) >= 11 is 1.43. The van der Waals surface area contributed by atoms with Gasteiger partial charge in [0.25, 0.3) is 0 Å². The first-order chi connectivity index (χ1) is 11.0. The van der Waals surface area contributed by atoms with Crippen molar-refractivity contribution in [2.24, 2.45) is 0 Å². The van der Waals surface area contributed by atoms with E-state index < -0.39 is 23.6 Å². The summed E-state index contributed by atoms with van der Waals surface area (Å²) in [6.45, 7) is 2.65. The molecule has 0 aliphatic carbocycles. The highest BCUT2D eigenvalue weighted by Gasteiger charge is 2.40. The van der Waals surface area contributed by atoms with E-state index >= 15 is 0 Å². The standard InChI is InChI=1S/C16H16F4N2S/c17-13-3-1-2-12(14(13)16(18,19)20)15(11-4-9-23-10-11)22-7-5-21-6-8-22/h1-4,9-10,15,21H,5-8H2/t15-/m1/s1. The number of nitrogens with zero attached hydrogens (tertiary/aromatic N) is 1. The molecule has 7 heteroatoms. The van der Waals surface area contributed by atoms with E-state index in [0.717, 1.165) is 11.6 Å². The van der Waals surface area contributed by atoms with Crippen molar-refractivity contribution in [2.75, 3.05) is 26.2 Å². The molecular weight excluding hydrogens is 328 g/mol. The summed E-state index contributed by atoms with van der Waals surface area (Å²) in [5, 5.41) is 6.85. The molecule has 3 rings (SSSR count). The van der Waals surface area contributed by atoms with Gasteiger partial charge in [-0.1, -0.05) is 12.1 Å². The van der Waals surface area contributed by atoms with E-state index in [2.05, 4.69) is 5.32 Å². The van der Waals surface area contributed by atoms with Gasteiger partial charge in [-0.15, -0.1) is 0 Å². The van der Waals surface area contributed by atoms with Crippen LogP contribution in [0.25, 0.3) is 0 Å². The maximum absolute atomic E-state index is 14.0. The Morgan fingerprint density at radius 1 is 1.13 bits per heavy atom. The van der Waals surface area contributed by atoms with E-state index in [4.69, 9.17) is 0 Å². The quantitative estimate of drug-likeness (QED) is 0.850. The molecule has 0 spiro atoms. The van der Waals surface area contributed by atoms with Gasteiger partial charge in [-0.2, -0.15) is 24.5 Å². The van der Waals surface area contributed by atoms with Crippen LogP contribution >= 0.6 is 11.3 Å². The molecule has 2 nitrogen and oxygen atoms in total. The van der Waals surface area contributed by atoms with Crippen LogP contribution < -0.4 is 5.32 Å². The van der Waals surface area contributed by atoms with Gasteiger partial charge in [0.2, 0.25) is 0 Å². The van der Waals surface area contributed by atoms with Crippen LogP contribution in [0.1, 0.15) is 22.7 Å². The molecule has 1 aromatic heterocycles. The third kappa shape index (κ3) is 3.41. The third-order valence-corrected chi connectivity index (χ3v) is 4.70. The van der Waals surface area contributed by atoms with E-state index in [1.165, 1.54) is 23.5 Å². The van der Waals surface area contributed by atoms with Crippen molar-refractivity contribution in [3.63, 3.8) is 0 Å². The molecule has 0 radical (unpaired) electrons. The number of halogens is 4. The Morgan fingerprint density at radius 2 is 1.87 bits per heavy atom. The first-order valence-corrected chi connectivity index (χ1v) is 8.25. The van der Waals surface area contributed by atoms with Crippen LogP contribution in [0.4, 0.5) is 17.6 Å². The molecule has 1 saturated heterocycles. The molecule has 23 heavy (non-hydrogen) atoms.